The van der Waals surface area contributed by atoms with E-state index in [1.165, 1.54) is 11.8 Å². The number of thioether (sulfide) groups is 1. The molecule has 0 aliphatic carbocycles. The topological polar surface area (TPSA) is 61.7 Å². The second-order valence-electron chi connectivity index (χ2n) is 4.43. The fourth-order valence-electron chi connectivity index (χ4n) is 1.95. The molecule has 1 unspecified atom stereocenters. The van der Waals surface area contributed by atoms with Gasteiger partial charge in [0.15, 0.2) is 0 Å². The molecule has 94 valence electrons. The van der Waals surface area contributed by atoms with Gasteiger partial charge in [-0.05, 0) is 18.1 Å². The summed E-state index contributed by atoms with van der Waals surface area (Å²) in [5.74, 6) is -0.488. The third-order valence-electron chi connectivity index (χ3n) is 2.74. The van der Waals surface area contributed by atoms with Crippen molar-refractivity contribution in [2.24, 2.45) is 16.5 Å². The summed E-state index contributed by atoms with van der Waals surface area (Å²) in [6, 6.07) is 0. The van der Waals surface area contributed by atoms with Gasteiger partial charge in [-0.25, -0.2) is 0 Å². The van der Waals surface area contributed by atoms with Gasteiger partial charge in [-0.15, -0.1) is 11.8 Å². The van der Waals surface area contributed by atoms with E-state index in [1.54, 1.807) is 7.05 Å². The summed E-state index contributed by atoms with van der Waals surface area (Å²) < 4.78 is 0. The van der Waals surface area contributed by atoms with Crippen LogP contribution in [0.3, 0.4) is 0 Å². The summed E-state index contributed by atoms with van der Waals surface area (Å²) in [5, 5.41) is 15.3. The van der Waals surface area contributed by atoms with Crippen molar-refractivity contribution in [3.63, 3.8) is 0 Å². The normalized spacial score (nSPS) is 14.7. The number of nitrogens with one attached hydrogen (secondary N) is 1. The van der Waals surface area contributed by atoms with E-state index in [4.69, 9.17) is 5.21 Å². The van der Waals surface area contributed by atoms with Crippen LogP contribution in [-0.2, 0) is 4.79 Å². The first-order valence-electron chi connectivity index (χ1n) is 5.42. The van der Waals surface area contributed by atoms with E-state index in [0.29, 0.717) is 5.04 Å². The number of oxime groups is 1. The second kappa shape index (κ2) is 6.78. The maximum absolute atomic E-state index is 11.9. The fraction of sp³-hybridized carbons (Fsp3) is 0.818. The van der Waals surface area contributed by atoms with Crippen LogP contribution < -0.4 is 5.32 Å². The average Bonchev–Trinajstić information content (AvgIpc) is 2.24. The Labute approximate surface area is 102 Å². The number of hydrogen-bond acceptors (Lipinski definition) is 4. The molecule has 0 bridgehead atoms. The lowest BCUT2D eigenvalue weighted by molar-refractivity contribution is -0.125. The molecule has 4 nitrogen and oxygen atoms in total. The summed E-state index contributed by atoms with van der Waals surface area (Å²) >= 11 is 1.31. The summed E-state index contributed by atoms with van der Waals surface area (Å²) in [6.45, 7) is 6.13. The van der Waals surface area contributed by atoms with Crippen molar-refractivity contribution in [2.45, 2.75) is 33.6 Å². The zero-order chi connectivity index (χ0) is 12.8. The van der Waals surface area contributed by atoms with E-state index in [1.807, 2.05) is 20.1 Å². The third kappa shape index (κ3) is 3.70. The molecule has 0 aliphatic heterocycles. The van der Waals surface area contributed by atoms with Gasteiger partial charge in [0.25, 0.3) is 0 Å². The van der Waals surface area contributed by atoms with Crippen LogP contribution in [0.4, 0.5) is 0 Å². The molecule has 1 amide bonds. The van der Waals surface area contributed by atoms with Crippen LogP contribution in [0.25, 0.3) is 0 Å². The first kappa shape index (κ1) is 15.3. The molecule has 0 rings (SSSR count). The fourth-order valence-corrected chi connectivity index (χ4v) is 2.69. The number of carbonyl (C=O) groups excluding carboxylic acids is 1. The maximum Gasteiger partial charge on any atom is 0.230 e. The molecule has 0 aromatic rings. The molecule has 16 heavy (non-hydrogen) atoms. The van der Waals surface area contributed by atoms with Crippen LogP contribution >= 0.6 is 11.8 Å². The Hall–Kier alpha value is -0.710. The molecule has 0 spiro atoms. The molecule has 0 fully saturated rings. The van der Waals surface area contributed by atoms with Crippen molar-refractivity contribution in [3.8, 4) is 0 Å². The minimum atomic E-state index is -0.391. The molecule has 1 atom stereocenters. The lowest BCUT2D eigenvalue weighted by Gasteiger charge is -2.32. The van der Waals surface area contributed by atoms with Gasteiger partial charge in [0, 0.05) is 7.05 Å². The average molecular weight is 246 g/mol. The minimum absolute atomic E-state index is 0.0967. The zero-order valence-electron chi connectivity index (χ0n) is 10.7. The highest BCUT2D eigenvalue weighted by atomic mass is 32.2. The first-order valence-corrected chi connectivity index (χ1v) is 6.64. The number of amides is 1. The van der Waals surface area contributed by atoms with E-state index >= 15 is 0 Å². The summed E-state index contributed by atoms with van der Waals surface area (Å²) in [6.07, 6.45) is 3.71. The van der Waals surface area contributed by atoms with Crippen LogP contribution in [0.2, 0.25) is 0 Å². The summed E-state index contributed by atoms with van der Waals surface area (Å²) in [7, 11) is 1.60. The number of carbonyl (C=O) groups is 1. The Morgan fingerprint density at radius 3 is 2.44 bits per heavy atom. The van der Waals surface area contributed by atoms with Crippen molar-refractivity contribution in [2.75, 3.05) is 13.3 Å². The van der Waals surface area contributed by atoms with Crippen molar-refractivity contribution >= 4 is 22.7 Å². The first-order chi connectivity index (χ1) is 7.44. The molecule has 0 aromatic carbocycles. The molecular formula is C11H22N2O2S. The van der Waals surface area contributed by atoms with Gasteiger partial charge in [0.05, 0.1) is 5.92 Å². The van der Waals surface area contributed by atoms with E-state index in [2.05, 4.69) is 17.4 Å². The molecule has 0 radical (unpaired) electrons. The van der Waals surface area contributed by atoms with Crippen LogP contribution in [-0.4, -0.2) is 29.5 Å². The number of hydrogen-bond donors (Lipinski definition) is 2. The molecular weight excluding hydrogens is 224 g/mol. The highest BCUT2D eigenvalue weighted by Crippen LogP contribution is 2.35. The summed E-state index contributed by atoms with van der Waals surface area (Å²) in [5.41, 5.74) is -0.209. The van der Waals surface area contributed by atoms with E-state index in [9.17, 15) is 4.79 Å². The highest BCUT2D eigenvalue weighted by Gasteiger charge is 2.38. The van der Waals surface area contributed by atoms with Gasteiger partial charge >= 0.3 is 0 Å². The van der Waals surface area contributed by atoms with Gasteiger partial charge in [-0.2, -0.15) is 0 Å². The van der Waals surface area contributed by atoms with Crippen LogP contribution in [0.5, 0.6) is 0 Å². The predicted octanol–water partition coefficient (Wildman–Crippen LogP) is 2.33. The highest BCUT2D eigenvalue weighted by molar-refractivity contribution is 8.13. The minimum Gasteiger partial charge on any atom is -0.410 e. The van der Waals surface area contributed by atoms with E-state index < -0.39 is 5.92 Å². The van der Waals surface area contributed by atoms with Gasteiger partial charge in [0.1, 0.15) is 5.04 Å². The quantitative estimate of drug-likeness (QED) is 0.339. The molecule has 5 heteroatoms. The van der Waals surface area contributed by atoms with E-state index in [-0.39, 0.29) is 11.3 Å². The van der Waals surface area contributed by atoms with Crippen LogP contribution in [0.15, 0.2) is 5.16 Å². The van der Waals surface area contributed by atoms with Gasteiger partial charge in [-0.1, -0.05) is 32.3 Å². The van der Waals surface area contributed by atoms with Crippen LogP contribution in [0, 0.1) is 11.3 Å². The predicted molar refractivity (Wildman–Crippen MR) is 69.0 cm³/mol. The standard InChI is InChI=1S/C11H22N2O2S/c1-6-7-11(2,3)8(9(14)12-4)10(13-15)16-5/h8,15H,6-7H2,1-5H3,(H,12,14). The number of nitrogens with zero attached hydrogens (tertiary/aromatic N) is 1. The van der Waals surface area contributed by atoms with Gasteiger partial charge in [0.2, 0.25) is 5.91 Å². The largest absolute Gasteiger partial charge is 0.410 e. The maximum atomic E-state index is 11.9. The third-order valence-corrected chi connectivity index (χ3v) is 3.47. The molecule has 0 aliphatic rings. The second-order valence-corrected chi connectivity index (χ2v) is 5.25. The lowest BCUT2D eigenvalue weighted by atomic mass is 9.75. The molecule has 0 saturated heterocycles. The monoisotopic (exact) mass is 246 g/mol. The Kier molecular flexibility index (Phi) is 6.48. The van der Waals surface area contributed by atoms with Crippen molar-refractivity contribution in [1.29, 1.82) is 0 Å². The summed E-state index contributed by atoms with van der Waals surface area (Å²) in [4.78, 5) is 11.9. The molecule has 0 heterocycles. The van der Waals surface area contributed by atoms with Crippen molar-refractivity contribution in [3.05, 3.63) is 0 Å². The smallest absolute Gasteiger partial charge is 0.230 e. The van der Waals surface area contributed by atoms with Crippen molar-refractivity contribution < 1.29 is 10.0 Å². The molecule has 0 aromatic heterocycles. The van der Waals surface area contributed by atoms with Gasteiger partial charge < -0.3 is 10.5 Å². The van der Waals surface area contributed by atoms with Crippen molar-refractivity contribution in [1.82, 2.24) is 5.32 Å². The Bertz CT molecular complexity index is 265. The SMILES string of the molecule is CCCC(C)(C)C(C(=O)NC)C(=NO)SC. The zero-order valence-corrected chi connectivity index (χ0v) is 11.5. The Balaban J connectivity index is 5.15. The number of rotatable bonds is 5. The Morgan fingerprint density at radius 1 is 1.56 bits per heavy atom. The van der Waals surface area contributed by atoms with Gasteiger partial charge in [-0.3, -0.25) is 4.79 Å². The van der Waals surface area contributed by atoms with Crippen LogP contribution in [0.1, 0.15) is 33.6 Å². The Morgan fingerprint density at radius 2 is 2.12 bits per heavy atom. The van der Waals surface area contributed by atoms with E-state index in [0.717, 1.165) is 12.8 Å². The molecule has 2 N–H and O–H groups in total. The molecule has 0 saturated carbocycles. The lowest BCUT2D eigenvalue weighted by Crippen LogP contribution is -2.41.